The Morgan fingerprint density at radius 1 is 1.26 bits per heavy atom. The molecule has 4 nitrogen and oxygen atoms in total. The SMILES string of the molecule is CCCNC(C)(COCC(C)CCC)C(=O)OCC. The van der Waals surface area contributed by atoms with Crippen molar-refractivity contribution in [1.82, 2.24) is 5.32 Å². The van der Waals surface area contributed by atoms with E-state index < -0.39 is 5.54 Å². The first-order chi connectivity index (χ1) is 9.00. The van der Waals surface area contributed by atoms with E-state index in [1.165, 1.54) is 0 Å². The van der Waals surface area contributed by atoms with Crippen molar-refractivity contribution in [1.29, 1.82) is 0 Å². The van der Waals surface area contributed by atoms with Gasteiger partial charge in [0.2, 0.25) is 0 Å². The standard InChI is InChI=1S/C15H31NO3/c1-6-9-13(4)11-18-12-15(5,16-10-7-2)14(17)19-8-3/h13,16H,6-12H2,1-5H3. The lowest BCUT2D eigenvalue weighted by Crippen LogP contribution is -2.54. The lowest BCUT2D eigenvalue weighted by atomic mass is 10.0. The molecule has 0 heterocycles. The minimum Gasteiger partial charge on any atom is -0.465 e. The second-order valence-electron chi connectivity index (χ2n) is 5.39. The van der Waals surface area contributed by atoms with Crippen molar-refractivity contribution in [2.24, 2.45) is 5.92 Å². The van der Waals surface area contributed by atoms with Crippen LogP contribution in [-0.2, 0) is 14.3 Å². The van der Waals surface area contributed by atoms with E-state index in [9.17, 15) is 4.79 Å². The van der Waals surface area contributed by atoms with Crippen molar-refractivity contribution in [3.8, 4) is 0 Å². The smallest absolute Gasteiger partial charge is 0.328 e. The van der Waals surface area contributed by atoms with Gasteiger partial charge in [-0.1, -0.05) is 27.2 Å². The van der Waals surface area contributed by atoms with Crippen LogP contribution in [0.1, 0.15) is 53.9 Å². The van der Waals surface area contributed by atoms with Gasteiger partial charge in [-0.25, -0.2) is 4.79 Å². The Kier molecular flexibility index (Phi) is 9.88. The Morgan fingerprint density at radius 2 is 1.95 bits per heavy atom. The zero-order chi connectivity index (χ0) is 14.7. The van der Waals surface area contributed by atoms with E-state index in [0.29, 0.717) is 25.7 Å². The molecule has 0 aliphatic heterocycles. The van der Waals surface area contributed by atoms with Crippen LogP contribution in [-0.4, -0.2) is 37.9 Å². The number of hydrogen-bond donors (Lipinski definition) is 1. The van der Waals surface area contributed by atoms with E-state index in [4.69, 9.17) is 9.47 Å². The first-order valence-electron chi connectivity index (χ1n) is 7.50. The molecule has 114 valence electrons. The minimum absolute atomic E-state index is 0.230. The molecule has 0 aliphatic carbocycles. The highest BCUT2D eigenvalue weighted by Crippen LogP contribution is 2.11. The summed E-state index contributed by atoms with van der Waals surface area (Å²) in [4.78, 5) is 12.0. The van der Waals surface area contributed by atoms with E-state index in [2.05, 4.69) is 26.1 Å². The molecule has 1 N–H and O–H groups in total. The highest BCUT2D eigenvalue weighted by molar-refractivity contribution is 5.80. The summed E-state index contributed by atoms with van der Waals surface area (Å²) >= 11 is 0. The Bertz CT molecular complexity index is 246. The molecule has 0 bridgehead atoms. The van der Waals surface area contributed by atoms with E-state index in [-0.39, 0.29) is 5.97 Å². The third-order valence-corrected chi connectivity index (χ3v) is 3.07. The molecule has 0 aromatic heterocycles. The number of esters is 1. The van der Waals surface area contributed by atoms with Gasteiger partial charge in [0.05, 0.1) is 13.2 Å². The van der Waals surface area contributed by atoms with Gasteiger partial charge in [-0.2, -0.15) is 0 Å². The summed E-state index contributed by atoms with van der Waals surface area (Å²) in [5, 5.41) is 3.24. The van der Waals surface area contributed by atoms with Gasteiger partial charge < -0.3 is 14.8 Å². The third kappa shape index (κ3) is 7.53. The van der Waals surface area contributed by atoms with Gasteiger partial charge in [0.15, 0.2) is 0 Å². The van der Waals surface area contributed by atoms with Gasteiger partial charge in [0.25, 0.3) is 0 Å². The van der Waals surface area contributed by atoms with Crippen LogP contribution in [0, 0.1) is 5.92 Å². The normalized spacial score (nSPS) is 15.8. The summed E-state index contributed by atoms with van der Waals surface area (Å²) in [5.41, 5.74) is -0.738. The Hall–Kier alpha value is -0.610. The summed E-state index contributed by atoms with van der Waals surface area (Å²) in [7, 11) is 0. The maximum absolute atomic E-state index is 12.0. The van der Waals surface area contributed by atoms with Crippen molar-refractivity contribution in [3.05, 3.63) is 0 Å². The molecule has 0 spiro atoms. The van der Waals surface area contributed by atoms with E-state index in [0.717, 1.165) is 25.8 Å². The molecule has 19 heavy (non-hydrogen) atoms. The number of rotatable bonds is 11. The van der Waals surface area contributed by atoms with Crippen LogP contribution < -0.4 is 5.32 Å². The van der Waals surface area contributed by atoms with Crippen molar-refractivity contribution in [3.63, 3.8) is 0 Å². The quantitative estimate of drug-likeness (QED) is 0.588. The third-order valence-electron chi connectivity index (χ3n) is 3.07. The van der Waals surface area contributed by atoms with Crippen molar-refractivity contribution >= 4 is 5.97 Å². The van der Waals surface area contributed by atoms with E-state index in [1.54, 1.807) is 0 Å². The zero-order valence-electron chi connectivity index (χ0n) is 13.3. The van der Waals surface area contributed by atoms with Crippen LogP contribution in [0.3, 0.4) is 0 Å². The number of carbonyl (C=O) groups excluding carboxylic acids is 1. The van der Waals surface area contributed by atoms with Crippen molar-refractivity contribution in [2.75, 3.05) is 26.4 Å². The molecule has 0 saturated heterocycles. The highest BCUT2D eigenvalue weighted by atomic mass is 16.5. The van der Waals surface area contributed by atoms with Crippen molar-refractivity contribution < 1.29 is 14.3 Å². The lowest BCUT2D eigenvalue weighted by molar-refractivity contribution is -0.153. The fraction of sp³-hybridized carbons (Fsp3) is 0.933. The van der Waals surface area contributed by atoms with Crippen LogP contribution in [0.4, 0.5) is 0 Å². The van der Waals surface area contributed by atoms with Crippen LogP contribution in [0.15, 0.2) is 0 Å². The molecule has 0 saturated carbocycles. The topological polar surface area (TPSA) is 47.6 Å². The first-order valence-corrected chi connectivity index (χ1v) is 7.50. The number of carbonyl (C=O) groups is 1. The number of hydrogen-bond acceptors (Lipinski definition) is 4. The number of ether oxygens (including phenoxy) is 2. The van der Waals surface area contributed by atoms with Gasteiger partial charge in [0.1, 0.15) is 5.54 Å². The van der Waals surface area contributed by atoms with Gasteiger partial charge in [-0.05, 0) is 39.2 Å². The van der Waals surface area contributed by atoms with E-state index in [1.807, 2.05) is 13.8 Å². The predicted molar refractivity (Wildman–Crippen MR) is 78.2 cm³/mol. The molecule has 0 aromatic carbocycles. The Balaban J connectivity index is 4.29. The maximum Gasteiger partial charge on any atom is 0.328 e. The average Bonchev–Trinajstić information content (AvgIpc) is 2.37. The molecule has 0 radical (unpaired) electrons. The summed E-state index contributed by atoms with van der Waals surface area (Å²) in [5.74, 6) is 0.300. The predicted octanol–water partition coefficient (Wildman–Crippen LogP) is 2.76. The molecule has 0 rings (SSSR count). The van der Waals surface area contributed by atoms with Crippen molar-refractivity contribution in [2.45, 2.75) is 59.4 Å². The van der Waals surface area contributed by atoms with Gasteiger partial charge in [-0.3, -0.25) is 0 Å². The monoisotopic (exact) mass is 273 g/mol. The van der Waals surface area contributed by atoms with Gasteiger partial charge >= 0.3 is 5.97 Å². The largest absolute Gasteiger partial charge is 0.465 e. The van der Waals surface area contributed by atoms with Crippen LogP contribution in [0.25, 0.3) is 0 Å². The van der Waals surface area contributed by atoms with Crippen LogP contribution >= 0.6 is 0 Å². The number of nitrogens with one attached hydrogen (secondary N) is 1. The second-order valence-corrected chi connectivity index (χ2v) is 5.39. The highest BCUT2D eigenvalue weighted by Gasteiger charge is 2.34. The summed E-state index contributed by atoms with van der Waals surface area (Å²) in [6.45, 7) is 12.3. The lowest BCUT2D eigenvalue weighted by Gasteiger charge is -2.28. The zero-order valence-corrected chi connectivity index (χ0v) is 13.3. The molecule has 0 aromatic rings. The molecule has 4 heteroatoms. The molecular formula is C15H31NO3. The van der Waals surface area contributed by atoms with Crippen LogP contribution in [0.2, 0.25) is 0 Å². The van der Waals surface area contributed by atoms with Crippen LogP contribution in [0.5, 0.6) is 0 Å². The maximum atomic E-state index is 12.0. The summed E-state index contributed by atoms with van der Waals surface area (Å²) < 4.78 is 10.8. The van der Waals surface area contributed by atoms with Gasteiger partial charge in [0, 0.05) is 6.61 Å². The molecule has 2 unspecified atom stereocenters. The van der Waals surface area contributed by atoms with Gasteiger partial charge in [-0.15, -0.1) is 0 Å². The average molecular weight is 273 g/mol. The molecular weight excluding hydrogens is 242 g/mol. The molecule has 0 aliphatic rings. The molecule has 0 amide bonds. The first kappa shape index (κ1) is 18.4. The molecule has 0 fully saturated rings. The fourth-order valence-electron chi connectivity index (χ4n) is 1.91. The fourth-order valence-corrected chi connectivity index (χ4v) is 1.91. The summed E-state index contributed by atoms with van der Waals surface area (Å²) in [6.07, 6.45) is 3.29. The Labute approximate surface area is 118 Å². The Morgan fingerprint density at radius 3 is 2.47 bits per heavy atom. The summed E-state index contributed by atoms with van der Waals surface area (Å²) in [6, 6.07) is 0. The second kappa shape index (κ2) is 10.2. The molecule has 2 atom stereocenters. The van der Waals surface area contributed by atoms with E-state index >= 15 is 0 Å². The minimum atomic E-state index is -0.738.